The van der Waals surface area contributed by atoms with Crippen LogP contribution in [0.1, 0.15) is 6.92 Å². The third kappa shape index (κ3) is 2.84. The molecule has 0 amide bonds. The van der Waals surface area contributed by atoms with Crippen molar-refractivity contribution in [3.8, 4) is 0 Å². The van der Waals surface area contributed by atoms with Crippen LogP contribution in [0.2, 0.25) is 0 Å². The van der Waals surface area contributed by atoms with Crippen molar-refractivity contribution < 1.29 is 8.42 Å². The summed E-state index contributed by atoms with van der Waals surface area (Å²) >= 11 is 5.91. The molecule has 0 saturated carbocycles. The van der Waals surface area contributed by atoms with Crippen molar-refractivity contribution >= 4 is 42.6 Å². The predicted molar refractivity (Wildman–Crippen MR) is 40.9 cm³/mol. The van der Waals surface area contributed by atoms with Crippen LogP contribution in [0.4, 0.5) is 0 Å². The summed E-state index contributed by atoms with van der Waals surface area (Å²) < 4.78 is 20.6. The lowest BCUT2D eigenvalue weighted by Crippen LogP contribution is -1.76. The Bertz CT molecular complexity index is 170. The van der Waals surface area contributed by atoms with Crippen LogP contribution in [-0.2, 0) is 10.7 Å². The van der Waals surface area contributed by atoms with E-state index in [4.69, 9.17) is 0 Å². The Labute approximate surface area is 66.2 Å². The van der Waals surface area contributed by atoms with E-state index in [9.17, 15) is 8.42 Å². The van der Waals surface area contributed by atoms with Crippen molar-refractivity contribution in [1.82, 2.24) is 0 Å². The number of hydrogen-bond acceptors (Lipinski definition) is 2. The van der Waals surface area contributed by atoms with E-state index in [0.29, 0.717) is 8.30 Å². The van der Waals surface area contributed by atoms with E-state index < -0.39 is 10.7 Å². The predicted octanol–water partition coefficient (Wildman–Crippen LogP) is 1.58. The third-order valence-corrected chi connectivity index (χ3v) is 3.12. The second-order valence-corrected chi connectivity index (χ2v) is 4.94. The molecule has 0 rings (SSSR count). The minimum atomic E-state index is -2.42. The van der Waals surface area contributed by atoms with Crippen molar-refractivity contribution in [2.45, 2.75) is 6.92 Å². The van der Waals surface area contributed by atoms with Crippen LogP contribution >= 0.6 is 31.9 Å². The van der Waals surface area contributed by atoms with E-state index in [-0.39, 0.29) is 0 Å². The minimum absolute atomic E-state index is 0.306. The number of rotatable bonds is 1. The van der Waals surface area contributed by atoms with E-state index >= 15 is 0 Å². The molecule has 5 heteroatoms. The molecule has 0 heterocycles. The summed E-state index contributed by atoms with van der Waals surface area (Å²) in [6.45, 7) is 1.50. The first kappa shape index (κ1) is 8.65. The van der Waals surface area contributed by atoms with Crippen LogP contribution in [0.5, 0.6) is 0 Å². The zero-order valence-corrected chi connectivity index (χ0v) is 8.09. The smallest absolute Gasteiger partial charge is 0.165 e. The Kier molecular flexibility index (Phi) is 3.93. The van der Waals surface area contributed by atoms with Crippen LogP contribution in [0, 0.1) is 0 Å². The molecule has 0 N–H and O–H groups in total. The third-order valence-electron chi connectivity index (χ3n) is 0.547. The quantitative estimate of drug-likeness (QED) is 0.729. The van der Waals surface area contributed by atoms with Gasteiger partial charge in [-0.1, -0.05) is 0 Å². The molecule has 48 valence electrons. The summed E-state index contributed by atoms with van der Waals surface area (Å²) in [5.74, 6) is 0. The normalized spacial score (nSPS) is 9.50. The summed E-state index contributed by atoms with van der Waals surface area (Å²) in [4.78, 5) is 0.306. The largest absolute Gasteiger partial charge is 0.227 e. The minimum Gasteiger partial charge on any atom is -0.227 e. The highest BCUT2D eigenvalue weighted by molar-refractivity contribution is 9.28. The molecule has 0 fully saturated rings. The molecule has 0 aromatic carbocycles. The maximum Gasteiger partial charge on any atom is 0.165 e. The molecule has 2 nitrogen and oxygen atoms in total. The average molecular weight is 264 g/mol. The van der Waals surface area contributed by atoms with Gasteiger partial charge in [-0.25, -0.2) is 8.42 Å². The average Bonchev–Trinajstić information content (AvgIpc) is 1.64. The van der Waals surface area contributed by atoms with Crippen LogP contribution in [-0.4, -0.2) is 8.42 Å². The molecule has 0 spiro atoms. The highest BCUT2D eigenvalue weighted by Crippen LogP contribution is 2.18. The van der Waals surface area contributed by atoms with E-state index in [1.807, 2.05) is 0 Å². The number of thiol groups is 1. The van der Waals surface area contributed by atoms with Crippen molar-refractivity contribution in [3.05, 3.63) is 8.30 Å². The lowest BCUT2D eigenvalue weighted by molar-refractivity contribution is 0.619. The van der Waals surface area contributed by atoms with E-state index in [1.165, 1.54) is 6.92 Å². The fourth-order valence-electron chi connectivity index (χ4n) is 0.0690. The highest BCUT2D eigenvalue weighted by Gasteiger charge is 1.93. The lowest BCUT2D eigenvalue weighted by Gasteiger charge is -1.84. The second-order valence-electron chi connectivity index (χ2n) is 1.10. The van der Waals surface area contributed by atoms with Crippen LogP contribution < -0.4 is 0 Å². The van der Waals surface area contributed by atoms with Crippen molar-refractivity contribution in [2.75, 3.05) is 0 Å². The number of hydrogen-bond donors (Lipinski definition) is 1. The Morgan fingerprint density at radius 2 is 1.75 bits per heavy atom. The Morgan fingerprint density at radius 3 is 1.75 bits per heavy atom. The molecule has 0 unspecified atom stereocenters. The van der Waals surface area contributed by atoms with Crippen molar-refractivity contribution in [2.24, 2.45) is 0 Å². The second kappa shape index (κ2) is 3.63. The van der Waals surface area contributed by atoms with Crippen LogP contribution in [0.15, 0.2) is 8.30 Å². The highest BCUT2D eigenvalue weighted by atomic mass is 79.9. The molecule has 0 radical (unpaired) electrons. The molecule has 0 aliphatic rings. The molecule has 0 aliphatic carbocycles. The fraction of sp³-hybridized carbons (Fsp3) is 0.333. The molecule has 8 heavy (non-hydrogen) atoms. The summed E-state index contributed by atoms with van der Waals surface area (Å²) in [6, 6.07) is 0. The molecule has 0 bridgehead atoms. The Morgan fingerprint density at radius 1 is 1.38 bits per heavy atom. The topological polar surface area (TPSA) is 34.1 Å². The van der Waals surface area contributed by atoms with Gasteiger partial charge in [0.2, 0.25) is 0 Å². The standard InChI is InChI=1S/C3H4Br2O2S/c1-2(3(4)5)8(6)7/h8H,1H3. The Hall–Kier alpha value is 0.650. The molecule has 0 atom stereocenters. The van der Waals surface area contributed by atoms with Gasteiger partial charge in [0.05, 0.1) is 8.30 Å². The number of halogens is 2. The summed E-state index contributed by atoms with van der Waals surface area (Å²) in [5.41, 5.74) is 0. The van der Waals surface area contributed by atoms with Gasteiger partial charge in [-0.3, -0.25) is 0 Å². The maximum absolute atomic E-state index is 10.1. The molecular formula is C3H4Br2O2S. The van der Waals surface area contributed by atoms with Crippen LogP contribution in [0.3, 0.4) is 0 Å². The molecule has 0 saturated heterocycles. The zero-order chi connectivity index (χ0) is 6.73. The number of allylic oxidation sites excluding steroid dienone is 1. The van der Waals surface area contributed by atoms with Gasteiger partial charge in [0, 0.05) is 0 Å². The molecule has 0 aromatic heterocycles. The molecule has 0 aliphatic heterocycles. The van der Waals surface area contributed by atoms with E-state index in [2.05, 4.69) is 31.9 Å². The maximum atomic E-state index is 10.1. The first-order valence-electron chi connectivity index (χ1n) is 1.72. The van der Waals surface area contributed by atoms with Gasteiger partial charge in [-0.05, 0) is 38.8 Å². The molecule has 0 aromatic rings. The van der Waals surface area contributed by atoms with Gasteiger partial charge in [0.1, 0.15) is 0 Å². The van der Waals surface area contributed by atoms with Gasteiger partial charge >= 0.3 is 0 Å². The van der Waals surface area contributed by atoms with Gasteiger partial charge < -0.3 is 0 Å². The monoisotopic (exact) mass is 262 g/mol. The van der Waals surface area contributed by atoms with Gasteiger partial charge in [0.15, 0.2) is 10.7 Å². The summed E-state index contributed by atoms with van der Waals surface area (Å²) in [5, 5.41) is 0. The van der Waals surface area contributed by atoms with Gasteiger partial charge in [-0.2, -0.15) is 0 Å². The van der Waals surface area contributed by atoms with E-state index in [0.717, 1.165) is 0 Å². The fourth-order valence-corrected chi connectivity index (χ4v) is 1.08. The first-order chi connectivity index (χ1) is 3.55. The SMILES string of the molecule is CC(=C(Br)Br)[SH](=O)=O. The van der Waals surface area contributed by atoms with E-state index in [1.54, 1.807) is 0 Å². The van der Waals surface area contributed by atoms with Gasteiger partial charge in [0.25, 0.3) is 0 Å². The molecular weight excluding hydrogens is 260 g/mol. The van der Waals surface area contributed by atoms with Gasteiger partial charge in [-0.15, -0.1) is 0 Å². The Balaban J connectivity index is 4.48. The first-order valence-corrected chi connectivity index (χ1v) is 4.48. The lowest BCUT2D eigenvalue weighted by atomic mass is 10.8. The summed E-state index contributed by atoms with van der Waals surface area (Å²) in [6.07, 6.45) is 0. The van der Waals surface area contributed by atoms with Crippen molar-refractivity contribution in [1.29, 1.82) is 0 Å². The van der Waals surface area contributed by atoms with Crippen LogP contribution in [0.25, 0.3) is 0 Å². The zero-order valence-electron chi connectivity index (χ0n) is 4.02. The van der Waals surface area contributed by atoms with Crippen molar-refractivity contribution in [3.63, 3.8) is 0 Å². The summed E-state index contributed by atoms with van der Waals surface area (Å²) in [7, 11) is -2.42.